The molecule has 0 atom stereocenters. The van der Waals surface area contributed by atoms with Crippen LogP contribution in [-0.4, -0.2) is 23.7 Å². The highest BCUT2D eigenvalue weighted by Crippen LogP contribution is 2.25. The van der Waals surface area contributed by atoms with E-state index in [1.807, 2.05) is 25.1 Å². The first-order valence-corrected chi connectivity index (χ1v) is 10.1. The number of hydrogen-bond donors (Lipinski definition) is 3. The van der Waals surface area contributed by atoms with Crippen LogP contribution in [0.2, 0.25) is 0 Å². The Hall–Kier alpha value is -1.99. The maximum atomic E-state index is 12.1. The molecule has 0 heterocycles. The van der Waals surface area contributed by atoms with Crippen molar-refractivity contribution in [1.82, 2.24) is 5.32 Å². The van der Waals surface area contributed by atoms with Gasteiger partial charge in [-0.05, 0) is 67.8 Å². The lowest BCUT2D eigenvalue weighted by Crippen LogP contribution is -2.30. The van der Waals surface area contributed by atoms with E-state index < -0.39 is 0 Å². The molecule has 26 heavy (non-hydrogen) atoms. The van der Waals surface area contributed by atoms with Gasteiger partial charge in [0.05, 0.1) is 5.75 Å². The van der Waals surface area contributed by atoms with Crippen LogP contribution in [0.25, 0.3) is 0 Å². The van der Waals surface area contributed by atoms with E-state index in [4.69, 9.17) is 0 Å². The predicted octanol–water partition coefficient (Wildman–Crippen LogP) is 4.77. The molecule has 3 amide bonds. The molecule has 3 rings (SSSR count). The molecule has 5 nitrogen and oxygen atoms in total. The number of carbonyl (C=O) groups excluding carboxylic acids is 2. The van der Waals surface area contributed by atoms with Gasteiger partial charge in [0.2, 0.25) is 5.91 Å². The van der Waals surface area contributed by atoms with Gasteiger partial charge in [-0.15, -0.1) is 11.8 Å². The Morgan fingerprint density at radius 3 is 2.35 bits per heavy atom. The molecule has 136 valence electrons. The Morgan fingerprint density at radius 1 is 1.08 bits per heavy atom. The van der Waals surface area contributed by atoms with Gasteiger partial charge in [0.15, 0.2) is 0 Å². The predicted molar refractivity (Wildman–Crippen MR) is 110 cm³/mol. The van der Waals surface area contributed by atoms with Crippen LogP contribution in [0, 0.1) is 6.92 Å². The van der Waals surface area contributed by atoms with E-state index in [0.717, 1.165) is 27.8 Å². The summed E-state index contributed by atoms with van der Waals surface area (Å²) in [6.07, 6.45) is 2.10. The van der Waals surface area contributed by atoms with Crippen molar-refractivity contribution in [3.05, 3.63) is 52.5 Å². The minimum absolute atomic E-state index is 0.0653. The second-order valence-corrected chi connectivity index (χ2v) is 8.13. The van der Waals surface area contributed by atoms with E-state index in [2.05, 4.69) is 31.9 Å². The van der Waals surface area contributed by atoms with Crippen molar-refractivity contribution in [2.45, 2.75) is 30.7 Å². The second kappa shape index (κ2) is 8.60. The summed E-state index contributed by atoms with van der Waals surface area (Å²) in [5.74, 6) is 0.274. The number of benzene rings is 2. The average molecular weight is 434 g/mol. The zero-order valence-corrected chi connectivity index (χ0v) is 16.7. The van der Waals surface area contributed by atoms with Crippen molar-refractivity contribution >= 4 is 51.0 Å². The lowest BCUT2D eigenvalue weighted by atomic mass is 10.2. The molecule has 3 N–H and O–H groups in total. The molecule has 0 bridgehead atoms. The van der Waals surface area contributed by atoms with E-state index in [1.165, 1.54) is 11.8 Å². The molecular formula is C19H20BrN3O2S. The minimum atomic E-state index is -0.189. The van der Waals surface area contributed by atoms with Crippen molar-refractivity contribution < 1.29 is 9.59 Å². The Kier molecular flexibility index (Phi) is 6.21. The van der Waals surface area contributed by atoms with Gasteiger partial charge >= 0.3 is 6.03 Å². The monoisotopic (exact) mass is 433 g/mol. The molecule has 0 saturated heterocycles. The molecule has 0 spiro atoms. The molecule has 1 aliphatic carbocycles. The van der Waals surface area contributed by atoms with Crippen LogP contribution < -0.4 is 16.0 Å². The van der Waals surface area contributed by atoms with E-state index in [9.17, 15) is 9.59 Å². The first-order valence-electron chi connectivity index (χ1n) is 8.36. The number of halogens is 1. The van der Waals surface area contributed by atoms with E-state index in [-0.39, 0.29) is 11.9 Å². The van der Waals surface area contributed by atoms with Crippen molar-refractivity contribution in [3.63, 3.8) is 0 Å². The summed E-state index contributed by atoms with van der Waals surface area (Å²) in [6.45, 7) is 2.02. The number of aryl methyl sites for hydroxylation is 1. The number of anilines is 2. The van der Waals surface area contributed by atoms with Crippen molar-refractivity contribution in [1.29, 1.82) is 0 Å². The number of thioether (sulfide) groups is 1. The summed E-state index contributed by atoms with van der Waals surface area (Å²) < 4.78 is 1.03. The molecule has 0 unspecified atom stereocenters. The van der Waals surface area contributed by atoms with Crippen LogP contribution in [0.3, 0.4) is 0 Å². The summed E-state index contributed by atoms with van der Waals surface area (Å²) in [7, 11) is 0. The molecule has 2 aromatic carbocycles. The number of rotatable bonds is 6. The highest BCUT2D eigenvalue weighted by molar-refractivity contribution is 9.10. The quantitative estimate of drug-likeness (QED) is 0.574. The van der Waals surface area contributed by atoms with Gasteiger partial charge in [-0.2, -0.15) is 0 Å². The van der Waals surface area contributed by atoms with Crippen LogP contribution >= 0.6 is 27.7 Å². The maximum Gasteiger partial charge on any atom is 0.319 e. The van der Waals surface area contributed by atoms with Gasteiger partial charge < -0.3 is 16.0 Å². The largest absolute Gasteiger partial charge is 0.335 e. The zero-order chi connectivity index (χ0) is 18.5. The third-order valence-corrected chi connectivity index (χ3v) is 5.50. The summed E-state index contributed by atoms with van der Waals surface area (Å²) in [5, 5.41) is 8.51. The number of urea groups is 1. The Labute approximate surface area is 165 Å². The third-order valence-electron chi connectivity index (χ3n) is 3.83. The van der Waals surface area contributed by atoms with Gasteiger partial charge in [0.25, 0.3) is 0 Å². The fourth-order valence-corrected chi connectivity index (χ4v) is 3.62. The molecule has 0 aliphatic heterocycles. The van der Waals surface area contributed by atoms with Gasteiger partial charge in [-0.3, -0.25) is 4.79 Å². The number of carbonyl (C=O) groups is 2. The zero-order valence-electron chi connectivity index (χ0n) is 14.3. The molecule has 0 aromatic heterocycles. The lowest BCUT2D eigenvalue weighted by Gasteiger charge is -2.09. The van der Waals surface area contributed by atoms with Crippen LogP contribution in [0.15, 0.2) is 51.8 Å². The number of amides is 3. The Bertz CT molecular complexity index is 807. The van der Waals surface area contributed by atoms with Gasteiger partial charge in [0, 0.05) is 26.8 Å². The normalized spacial score (nSPS) is 13.2. The smallest absolute Gasteiger partial charge is 0.319 e. The SMILES string of the molecule is Cc1cc(Br)ccc1SCC(=O)Nc1ccc(NC(=O)NC2CC2)cc1. The first kappa shape index (κ1) is 18.8. The Balaban J connectivity index is 1.46. The summed E-state index contributed by atoms with van der Waals surface area (Å²) >= 11 is 4.95. The standard InChI is InChI=1S/C19H20BrN3O2S/c1-12-10-13(20)2-9-17(12)26-11-18(24)21-14-3-5-15(6-4-14)22-19(25)23-16-7-8-16/h2-6,9-10,16H,7-8,11H2,1H3,(H,21,24)(H2,22,23,25). The molecule has 2 aromatic rings. The van der Waals surface area contributed by atoms with Gasteiger partial charge in [0.1, 0.15) is 0 Å². The lowest BCUT2D eigenvalue weighted by molar-refractivity contribution is -0.113. The highest BCUT2D eigenvalue weighted by atomic mass is 79.9. The average Bonchev–Trinajstić information content (AvgIpc) is 3.39. The third kappa shape index (κ3) is 5.78. The summed E-state index contributed by atoms with van der Waals surface area (Å²) in [5.41, 5.74) is 2.54. The van der Waals surface area contributed by atoms with Crippen LogP contribution in [0.5, 0.6) is 0 Å². The van der Waals surface area contributed by atoms with Crippen LogP contribution in [-0.2, 0) is 4.79 Å². The van der Waals surface area contributed by atoms with E-state index >= 15 is 0 Å². The first-order chi connectivity index (χ1) is 12.5. The van der Waals surface area contributed by atoms with Crippen molar-refractivity contribution in [2.75, 3.05) is 16.4 Å². The maximum absolute atomic E-state index is 12.1. The second-order valence-electron chi connectivity index (χ2n) is 6.20. The molecule has 1 fully saturated rings. The van der Waals surface area contributed by atoms with Crippen LogP contribution in [0.4, 0.5) is 16.2 Å². The summed E-state index contributed by atoms with van der Waals surface area (Å²) in [4.78, 5) is 24.9. The van der Waals surface area contributed by atoms with Gasteiger partial charge in [-0.1, -0.05) is 15.9 Å². The Morgan fingerprint density at radius 2 is 1.73 bits per heavy atom. The van der Waals surface area contributed by atoms with E-state index in [1.54, 1.807) is 24.3 Å². The molecule has 7 heteroatoms. The number of hydrogen-bond acceptors (Lipinski definition) is 3. The molecule has 1 aliphatic rings. The highest BCUT2D eigenvalue weighted by Gasteiger charge is 2.23. The number of nitrogens with one attached hydrogen (secondary N) is 3. The fraction of sp³-hybridized carbons (Fsp3) is 0.263. The fourth-order valence-electron chi connectivity index (χ4n) is 2.33. The van der Waals surface area contributed by atoms with Crippen molar-refractivity contribution in [3.8, 4) is 0 Å². The molecule has 0 radical (unpaired) electrons. The van der Waals surface area contributed by atoms with Crippen LogP contribution in [0.1, 0.15) is 18.4 Å². The topological polar surface area (TPSA) is 70.2 Å². The minimum Gasteiger partial charge on any atom is -0.335 e. The van der Waals surface area contributed by atoms with E-state index in [0.29, 0.717) is 23.2 Å². The molecular weight excluding hydrogens is 414 g/mol. The molecule has 1 saturated carbocycles. The van der Waals surface area contributed by atoms with Crippen molar-refractivity contribution in [2.24, 2.45) is 0 Å². The van der Waals surface area contributed by atoms with Gasteiger partial charge in [-0.25, -0.2) is 4.79 Å². The summed E-state index contributed by atoms with van der Waals surface area (Å²) in [6, 6.07) is 13.2.